The van der Waals surface area contributed by atoms with Crippen LogP contribution in [0.4, 0.5) is 8.78 Å². The van der Waals surface area contributed by atoms with E-state index in [2.05, 4.69) is 10.6 Å². The smallest absolute Gasteiger partial charge is 0.328 e. The van der Waals surface area contributed by atoms with E-state index in [1.165, 1.54) is 36.4 Å². The van der Waals surface area contributed by atoms with Gasteiger partial charge < -0.3 is 25.2 Å². The van der Waals surface area contributed by atoms with E-state index in [-0.39, 0.29) is 23.9 Å². The van der Waals surface area contributed by atoms with Crippen LogP contribution in [-0.2, 0) is 19.1 Å². The molecule has 49 heavy (non-hydrogen) atoms. The maximum atomic E-state index is 13.6. The molecule has 2 amide bonds. The zero-order chi connectivity index (χ0) is 35.6. The summed E-state index contributed by atoms with van der Waals surface area (Å²) in [6, 6.07) is 21.8. The largest absolute Gasteiger partial charge is 0.483 e. The predicted molar refractivity (Wildman–Crippen MR) is 181 cm³/mol. The van der Waals surface area contributed by atoms with Crippen LogP contribution in [0, 0.1) is 11.6 Å². The van der Waals surface area contributed by atoms with Gasteiger partial charge in [0.25, 0.3) is 5.91 Å². The Balaban J connectivity index is 1.51. The van der Waals surface area contributed by atoms with Gasteiger partial charge in [0.2, 0.25) is 5.91 Å². The number of benzene rings is 4. The molecule has 2 atom stereocenters. The van der Waals surface area contributed by atoms with Crippen molar-refractivity contribution in [3.05, 3.63) is 120 Å². The first-order valence-corrected chi connectivity index (χ1v) is 16.2. The predicted octanol–water partition coefficient (Wildman–Crippen LogP) is 6.23. The summed E-state index contributed by atoms with van der Waals surface area (Å²) in [7, 11) is 0. The molecule has 0 bridgehead atoms. The van der Waals surface area contributed by atoms with Gasteiger partial charge >= 0.3 is 5.97 Å². The van der Waals surface area contributed by atoms with E-state index in [1.54, 1.807) is 81.4 Å². The zero-order valence-electron chi connectivity index (χ0n) is 27.1. The SMILES string of the molecule is CC(C)(C)OC[C@H](NC(=O)[C@H](NC(=O)COc1ccc(-c2ccc(F)cc2)cc1SCC(=O)c1ccc(F)cc1)c1ccccc1)C(=O)O. The Labute approximate surface area is 287 Å². The number of ether oxygens (including phenoxy) is 2. The first-order chi connectivity index (χ1) is 23.3. The zero-order valence-corrected chi connectivity index (χ0v) is 27.9. The van der Waals surface area contributed by atoms with E-state index >= 15 is 0 Å². The molecule has 0 saturated heterocycles. The molecule has 9 nitrogen and oxygen atoms in total. The Morgan fingerprint density at radius 1 is 0.816 bits per heavy atom. The van der Waals surface area contributed by atoms with Gasteiger partial charge in [-0.1, -0.05) is 48.5 Å². The van der Waals surface area contributed by atoms with Crippen molar-refractivity contribution in [1.82, 2.24) is 10.6 Å². The average Bonchev–Trinajstić information content (AvgIpc) is 3.07. The molecular formula is C37H36F2N2O7S. The summed E-state index contributed by atoms with van der Waals surface area (Å²) >= 11 is 1.14. The Morgan fingerprint density at radius 3 is 2.04 bits per heavy atom. The summed E-state index contributed by atoms with van der Waals surface area (Å²) in [4.78, 5) is 51.8. The Bertz CT molecular complexity index is 1760. The number of hydrogen-bond donors (Lipinski definition) is 3. The molecule has 0 aliphatic rings. The third-order valence-corrected chi connectivity index (χ3v) is 8.04. The van der Waals surface area contributed by atoms with Gasteiger partial charge in [-0.3, -0.25) is 14.4 Å². The normalized spacial score (nSPS) is 12.4. The maximum Gasteiger partial charge on any atom is 0.328 e. The van der Waals surface area contributed by atoms with E-state index in [4.69, 9.17) is 9.47 Å². The molecule has 256 valence electrons. The average molecular weight is 691 g/mol. The number of carboxylic acid groups (broad SMARTS) is 1. The number of carbonyl (C=O) groups is 4. The van der Waals surface area contributed by atoms with Crippen LogP contribution in [0.5, 0.6) is 5.75 Å². The van der Waals surface area contributed by atoms with Crippen molar-refractivity contribution in [1.29, 1.82) is 0 Å². The van der Waals surface area contributed by atoms with Crippen molar-refractivity contribution in [2.75, 3.05) is 19.0 Å². The number of aliphatic carboxylic acids is 1. The molecule has 0 heterocycles. The lowest BCUT2D eigenvalue weighted by Crippen LogP contribution is -2.50. The van der Waals surface area contributed by atoms with Crippen molar-refractivity contribution in [2.24, 2.45) is 0 Å². The van der Waals surface area contributed by atoms with Gasteiger partial charge in [0.05, 0.1) is 22.9 Å². The van der Waals surface area contributed by atoms with E-state index in [1.807, 2.05) is 0 Å². The molecule has 4 aromatic carbocycles. The highest BCUT2D eigenvalue weighted by Crippen LogP contribution is 2.34. The van der Waals surface area contributed by atoms with Gasteiger partial charge in [0.15, 0.2) is 18.4 Å². The number of Topliss-reactive ketones (excluding diaryl/α,β-unsaturated/α-hetero) is 1. The summed E-state index contributed by atoms with van der Waals surface area (Å²) in [5.74, 6) is -3.62. The van der Waals surface area contributed by atoms with E-state index in [0.29, 0.717) is 27.1 Å². The van der Waals surface area contributed by atoms with Crippen molar-refractivity contribution < 1.29 is 42.5 Å². The van der Waals surface area contributed by atoms with E-state index in [9.17, 15) is 33.1 Å². The number of rotatable bonds is 15. The molecule has 0 fully saturated rings. The molecular weight excluding hydrogens is 654 g/mol. The molecule has 4 aromatic rings. The summed E-state index contributed by atoms with van der Waals surface area (Å²) in [5, 5.41) is 14.8. The van der Waals surface area contributed by atoms with Gasteiger partial charge in [0, 0.05) is 5.56 Å². The van der Waals surface area contributed by atoms with E-state index in [0.717, 1.165) is 11.8 Å². The standard InChI is InChI=1S/C37H36F2N2O7S/c1-37(2,3)48-20-29(36(45)46)40-35(44)34(25-7-5-4-6-8-25)41-33(43)21-47-31-18-13-26(23-9-14-27(38)15-10-23)19-32(31)49-22-30(42)24-11-16-28(39)17-12-24/h4-19,29,34H,20-22H2,1-3H3,(H,40,44)(H,41,43)(H,45,46)/t29-,34+/m0/s1. The second-order valence-electron chi connectivity index (χ2n) is 11.9. The maximum absolute atomic E-state index is 13.6. The van der Waals surface area contributed by atoms with Crippen LogP contribution in [0.1, 0.15) is 42.7 Å². The first-order valence-electron chi connectivity index (χ1n) is 15.2. The van der Waals surface area contributed by atoms with Crippen LogP contribution in [-0.4, -0.2) is 59.3 Å². The fourth-order valence-corrected chi connectivity index (χ4v) is 5.41. The first kappa shape index (κ1) is 36.8. The van der Waals surface area contributed by atoms with Crippen molar-refractivity contribution >= 4 is 35.3 Å². The third kappa shape index (κ3) is 11.3. The number of hydrogen-bond acceptors (Lipinski definition) is 7. The van der Waals surface area contributed by atoms with Crippen LogP contribution >= 0.6 is 11.8 Å². The Hall–Kier alpha value is -5.07. The number of carbonyl (C=O) groups excluding carboxylic acids is 3. The second kappa shape index (κ2) is 16.8. The fourth-order valence-electron chi connectivity index (χ4n) is 4.48. The van der Waals surface area contributed by atoms with Crippen molar-refractivity contribution in [2.45, 2.75) is 43.4 Å². The molecule has 3 N–H and O–H groups in total. The summed E-state index contributed by atoms with van der Waals surface area (Å²) in [6.07, 6.45) is 0. The minimum absolute atomic E-state index is 0.0268. The monoisotopic (exact) mass is 690 g/mol. The Kier molecular flexibility index (Phi) is 12.6. The van der Waals surface area contributed by atoms with Gasteiger partial charge in [-0.15, -0.1) is 11.8 Å². The lowest BCUT2D eigenvalue weighted by molar-refractivity contribution is -0.145. The number of thioether (sulfide) groups is 1. The van der Waals surface area contributed by atoms with Crippen LogP contribution in [0.2, 0.25) is 0 Å². The molecule has 4 rings (SSSR count). The second-order valence-corrected chi connectivity index (χ2v) is 12.9. The molecule has 0 radical (unpaired) electrons. The number of amides is 2. The molecule has 0 aliphatic carbocycles. The van der Waals surface area contributed by atoms with Gasteiger partial charge in [-0.2, -0.15) is 0 Å². The molecule has 0 aliphatic heterocycles. The number of ketones is 1. The third-order valence-electron chi connectivity index (χ3n) is 7.00. The Morgan fingerprint density at radius 2 is 1.43 bits per heavy atom. The van der Waals surface area contributed by atoms with Crippen LogP contribution in [0.3, 0.4) is 0 Å². The minimum atomic E-state index is -1.37. The fraction of sp³-hybridized carbons (Fsp3) is 0.243. The van der Waals surface area contributed by atoms with Crippen LogP contribution in [0.15, 0.2) is 102 Å². The highest BCUT2D eigenvalue weighted by atomic mass is 32.2. The summed E-state index contributed by atoms with van der Waals surface area (Å²) < 4.78 is 38.4. The van der Waals surface area contributed by atoms with Crippen LogP contribution in [0.25, 0.3) is 11.1 Å². The highest BCUT2D eigenvalue weighted by molar-refractivity contribution is 8.00. The number of nitrogens with one attached hydrogen (secondary N) is 2. The number of halogens is 2. The van der Waals surface area contributed by atoms with Crippen molar-refractivity contribution in [3.8, 4) is 16.9 Å². The number of carboxylic acids is 1. The molecule has 0 spiro atoms. The minimum Gasteiger partial charge on any atom is -0.483 e. The van der Waals surface area contributed by atoms with Gasteiger partial charge in [-0.25, -0.2) is 13.6 Å². The van der Waals surface area contributed by atoms with Crippen molar-refractivity contribution in [3.63, 3.8) is 0 Å². The molecule has 12 heteroatoms. The quantitative estimate of drug-likeness (QED) is 0.0990. The summed E-state index contributed by atoms with van der Waals surface area (Å²) in [5.41, 5.74) is 1.50. The van der Waals surface area contributed by atoms with E-state index < -0.39 is 53.7 Å². The molecule has 0 aromatic heterocycles. The van der Waals surface area contributed by atoms with Crippen LogP contribution < -0.4 is 15.4 Å². The molecule has 0 unspecified atom stereocenters. The lowest BCUT2D eigenvalue weighted by Gasteiger charge is -2.25. The summed E-state index contributed by atoms with van der Waals surface area (Å²) in [6.45, 7) is 4.45. The molecule has 0 saturated carbocycles. The highest BCUT2D eigenvalue weighted by Gasteiger charge is 2.29. The van der Waals surface area contributed by atoms with Gasteiger partial charge in [-0.05, 0) is 86.0 Å². The topological polar surface area (TPSA) is 131 Å². The van der Waals surface area contributed by atoms with Gasteiger partial charge in [0.1, 0.15) is 23.4 Å². The lowest BCUT2D eigenvalue weighted by atomic mass is 10.1.